The monoisotopic (exact) mass is 404 g/mol. The van der Waals surface area contributed by atoms with Crippen LogP contribution in [0.15, 0.2) is 42.9 Å². The molecule has 2 fully saturated rings. The number of hydrogen-bond acceptors (Lipinski definition) is 7. The number of ether oxygens (including phenoxy) is 1. The molecular formula is C18H21ClN6O3. The number of hydrogen-bond donors (Lipinski definition) is 1. The minimum absolute atomic E-state index is 0. The first-order valence-electron chi connectivity index (χ1n) is 8.88. The van der Waals surface area contributed by atoms with Crippen LogP contribution in [0, 0.1) is 0 Å². The molecular weight excluding hydrogens is 384 g/mol. The molecule has 2 aliphatic heterocycles. The molecule has 2 aromatic heterocycles. The highest BCUT2D eigenvalue weighted by Crippen LogP contribution is 2.30. The van der Waals surface area contributed by atoms with E-state index in [4.69, 9.17) is 4.74 Å². The van der Waals surface area contributed by atoms with Crippen molar-refractivity contribution in [1.29, 1.82) is 0 Å². The van der Waals surface area contributed by atoms with Crippen LogP contribution in [0.4, 0.5) is 10.7 Å². The third kappa shape index (κ3) is 3.84. The number of piperidine rings is 1. The smallest absolute Gasteiger partial charge is 0.325 e. The van der Waals surface area contributed by atoms with Gasteiger partial charge in [-0.05, 0) is 25.0 Å². The van der Waals surface area contributed by atoms with E-state index in [1.165, 1.54) is 4.90 Å². The average Bonchev–Trinajstić information content (AvgIpc) is 2.94. The summed E-state index contributed by atoms with van der Waals surface area (Å²) in [6.45, 7) is 1.60. The topological polar surface area (TPSA) is 101 Å². The number of carbonyl (C=O) groups excluding carboxylic acids is 2. The molecule has 0 saturated carbocycles. The van der Waals surface area contributed by atoms with Crippen LogP contribution in [0.3, 0.4) is 0 Å². The van der Waals surface area contributed by atoms with E-state index in [0.29, 0.717) is 37.8 Å². The number of imide groups is 1. The first kappa shape index (κ1) is 19.8. The molecule has 1 spiro atoms. The van der Waals surface area contributed by atoms with Gasteiger partial charge in [-0.1, -0.05) is 6.07 Å². The Morgan fingerprint density at radius 2 is 1.75 bits per heavy atom. The Kier molecular flexibility index (Phi) is 5.93. The van der Waals surface area contributed by atoms with E-state index >= 15 is 0 Å². The molecule has 2 aromatic rings. The van der Waals surface area contributed by atoms with Gasteiger partial charge < -0.3 is 15.0 Å². The maximum Gasteiger partial charge on any atom is 0.325 e. The molecule has 10 heteroatoms. The van der Waals surface area contributed by atoms with Gasteiger partial charge in [-0.2, -0.15) is 0 Å². The van der Waals surface area contributed by atoms with Crippen molar-refractivity contribution in [3.05, 3.63) is 42.9 Å². The second-order valence-electron chi connectivity index (χ2n) is 6.52. The lowest BCUT2D eigenvalue weighted by Crippen LogP contribution is -2.55. The summed E-state index contributed by atoms with van der Waals surface area (Å²) in [5.41, 5.74) is -0.840. The van der Waals surface area contributed by atoms with E-state index in [-0.39, 0.29) is 37.5 Å². The maximum atomic E-state index is 12.9. The molecule has 0 radical (unpaired) electrons. The lowest BCUT2D eigenvalue weighted by molar-refractivity contribution is -0.132. The van der Waals surface area contributed by atoms with Gasteiger partial charge in [0.2, 0.25) is 11.8 Å². The second kappa shape index (κ2) is 8.39. The summed E-state index contributed by atoms with van der Waals surface area (Å²) in [4.78, 5) is 41.0. The van der Waals surface area contributed by atoms with Gasteiger partial charge in [-0.15, -0.1) is 12.4 Å². The SMILES string of the molecule is Cl.O=C1NC2(CCN(c3ncccn3)CC2)C(=O)N1CCOc1ccccn1. The number of aromatic nitrogens is 3. The van der Waals surface area contributed by atoms with Crippen molar-refractivity contribution in [2.45, 2.75) is 18.4 Å². The van der Waals surface area contributed by atoms with Crippen LogP contribution in [0.2, 0.25) is 0 Å². The summed E-state index contributed by atoms with van der Waals surface area (Å²) in [5, 5.41) is 2.89. The summed E-state index contributed by atoms with van der Waals surface area (Å²) in [6, 6.07) is 6.74. The number of anilines is 1. The largest absolute Gasteiger partial charge is 0.476 e. The van der Waals surface area contributed by atoms with Crippen LogP contribution < -0.4 is 15.0 Å². The van der Waals surface area contributed by atoms with Crippen molar-refractivity contribution in [3.8, 4) is 5.88 Å². The van der Waals surface area contributed by atoms with Gasteiger partial charge in [0.05, 0.1) is 6.54 Å². The fourth-order valence-corrected chi connectivity index (χ4v) is 3.44. The van der Waals surface area contributed by atoms with Crippen LogP contribution in [-0.2, 0) is 4.79 Å². The molecule has 0 aliphatic carbocycles. The van der Waals surface area contributed by atoms with Crippen LogP contribution in [0.5, 0.6) is 5.88 Å². The number of nitrogens with zero attached hydrogens (tertiary/aromatic N) is 5. The molecule has 2 saturated heterocycles. The van der Waals surface area contributed by atoms with Crippen molar-refractivity contribution < 1.29 is 14.3 Å². The first-order valence-corrected chi connectivity index (χ1v) is 8.88. The van der Waals surface area contributed by atoms with Gasteiger partial charge >= 0.3 is 6.03 Å². The summed E-state index contributed by atoms with van der Waals surface area (Å²) < 4.78 is 5.51. The molecule has 0 unspecified atom stereocenters. The molecule has 28 heavy (non-hydrogen) atoms. The molecule has 9 nitrogen and oxygen atoms in total. The third-order valence-electron chi connectivity index (χ3n) is 4.90. The van der Waals surface area contributed by atoms with Gasteiger partial charge in [-0.3, -0.25) is 9.69 Å². The molecule has 4 heterocycles. The second-order valence-corrected chi connectivity index (χ2v) is 6.52. The predicted molar refractivity (Wildman–Crippen MR) is 103 cm³/mol. The van der Waals surface area contributed by atoms with Gasteiger partial charge in [0.1, 0.15) is 12.1 Å². The standard InChI is InChI=1S/C18H20N6O3.ClH/c25-15-18(5-10-23(11-6-18)16-20-8-3-9-21-16)22-17(26)24(15)12-13-27-14-4-1-2-7-19-14;/h1-4,7-9H,5-6,10-13H2,(H,22,26);1H. The molecule has 0 bridgehead atoms. The van der Waals surface area contributed by atoms with Crippen LogP contribution in [-0.4, -0.2) is 63.6 Å². The quantitative estimate of drug-likeness (QED) is 0.748. The van der Waals surface area contributed by atoms with Crippen molar-refractivity contribution >= 4 is 30.3 Å². The number of halogens is 1. The minimum Gasteiger partial charge on any atom is -0.476 e. The fraction of sp³-hybridized carbons (Fsp3) is 0.389. The Labute approximate surface area is 168 Å². The molecule has 3 amide bonds. The van der Waals surface area contributed by atoms with Crippen molar-refractivity contribution in [2.75, 3.05) is 31.1 Å². The zero-order chi connectivity index (χ0) is 18.7. The zero-order valence-electron chi connectivity index (χ0n) is 15.2. The predicted octanol–water partition coefficient (Wildman–Crippen LogP) is 1.26. The third-order valence-corrected chi connectivity index (χ3v) is 4.90. The Hall–Kier alpha value is -2.94. The van der Waals surface area contributed by atoms with E-state index in [0.717, 1.165) is 0 Å². The van der Waals surface area contributed by atoms with Crippen LogP contribution in [0.25, 0.3) is 0 Å². The molecule has 4 rings (SSSR count). The molecule has 148 valence electrons. The van der Waals surface area contributed by atoms with Gasteiger partial charge in [0.15, 0.2) is 0 Å². The number of nitrogens with one attached hydrogen (secondary N) is 1. The molecule has 0 aromatic carbocycles. The lowest BCUT2D eigenvalue weighted by Gasteiger charge is -2.37. The number of carbonyl (C=O) groups is 2. The normalized spacial score (nSPS) is 18.0. The summed E-state index contributed by atoms with van der Waals surface area (Å²) in [6.07, 6.45) is 6.06. The Balaban J connectivity index is 0.00000225. The average molecular weight is 405 g/mol. The van der Waals surface area contributed by atoms with E-state index in [2.05, 4.69) is 20.3 Å². The Morgan fingerprint density at radius 3 is 2.43 bits per heavy atom. The lowest BCUT2D eigenvalue weighted by atomic mass is 9.87. The van der Waals surface area contributed by atoms with E-state index in [1.807, 2.05) is 11.0 Å². The van der Waals surface area contributed by atoms with Crippen molar-refractivity contribution in [1.82, 2.24) is 25.2 Å². The highest BCUT2D eigenvalue weighted by Gasteiger charge is 2.52. The fourth-order valence-electron chi connectivity index (χ4n) is 3.44. The first-order chi connectivity index (χ1) is 13.2. The molecule has 2 aliphatic rings. The molecule has 0 atom stereocenters. The summed E-state index contributed by atoms with van der Waals surface area (Å²) in [5.74, 6) is 0.922. The van der Waals surface area contributed by atoms with E-state index in [9.17, 15) is 9.59 Å². The number of rotatable bonds is 5. The Bertz CT molecular complexity index is 815. The summed E-state index contributed by atoms with van der Waals surface area (Å²) in [7, 11) is 0. The highest BCUT2D eigenvalue weighted by atomic mass is 35.5. The zero-order valence-corrected chi connectivity index (χ0v) is 16.0. The minimum atomic E-state index is -0.840. The van der Waals surface area contributed by atoms with Gasteiger partial charge in [0, 0.05) is 37.7 Å². The maximum absolute atomic E-state index is 12.9. The Morgan fingerprint density at radius 1 is 1.04 bits per heavy atom. The van der Waals surface area contributed by atoms with Gasteiger partial charge in [-0.25, -0.2) is 19.7 Å². The van der Waals surface area contributed by atoms with Crippen molar-refractivity contribution in [3.63, 3.8) is 0 Å². The molecule has 1 N–H and O–H groups in total. The number of urea groups is 1. The number of amides is 3. The number of pyridine rings is 1. The summed E-state index contributed by atoms with van der Waals surface area (Å²) >= 11 is 0. The van der Waals surface area contributed by atoms with E-state index in [1.54, 1.807) is 36.8 Å². The van der Waals surface area contributed by atoms with Gasteiger partial charge in [0.25, 0.3) is 5.91 Å². The van der Waals surface area contributed by atoms with E-state index < -0.39 is 5.54 Å². The van der Waals surface area contributed by atoms with Crippen LogP contribution >= 0.6 is 12.4 Å². The van der Waals surface area contributed by atoms with Crippen molar-refractivity contribution in [2.24, 2.45) is 0 Å². The highest BCUT2D eigenvalue weighted by molar-refractivity contribution is 6.07. The van der Waals surface area contributed by atoms with Crippen LogP contribution in [0.1, 0.15) is 12.8 Å².